The van der Waals surface area contributed by atoms with Gasteiger partial charge >= 0.3 is 5.97 Å². The van der Waals surface area contributed by atoms with Gasteiger partial charge in [0.2, 0.25) is 0 Å². The Morgan fingerprint density at radius 3 is 2.33 bits per heavy atom. The lowest BCUT2D eigenvalue weighted by Gasteiger charge is -2.01. The van der Waals surface area contributed by atoms with Crippen LogP contribution < -0.4 is 0 Å². The molecular formula is C14H22ClO2P. The Bertz CT molecular complexity index is 313. The van der Waals surface area contributed by atoms with Crippen LogP contribution in [0.4, 0.5) is 0 Å². The third kappa shape index (κ3) is 8.49. The number of carboxylic acids is 1. The van der Waals surface area contributed by atoms with Crippen molar-refractivity contribution in [2.24, 2.45) is 0 Å². The molecule has 0 radical (unpaired) electrons. The van der Waals surface area contributed by atoms with Gasteiger partial charge in [0.1, 0.15) is 0 Å². The maximum atomic E-state index is 10.4. The highest BCUT2D eigenvalue weighted by Gasteiger charge is 2.14. The Labute approximate surface area is 117 Å². The lowest BCUT2D eigenvalue weighted by atomic mass is 10.1. The van der Waals surface area contributed by atoms with Crippen molar-refractivity contribution < 1.29 is 9.90 Å². The van der Waals surface area contributed by atoms with E-state index >= 15 is 0 Å². The molecule has 1 N–H and O–H groups in total. The molecule has 0 aliphatic carbocycles. The first kappa shape index (κ1) is 17.4. The van der Waals surface area contributed by atoms with Crippen molar-refractivity contribution in [3.8, 4) is 0 Å². The number of hydrogen-bond donors (Lipinski definition) is 1. The SMILES string of the molecule is CCCCCCP.O=C(O)C(Cl)c1ccccc1. The zero-order chi connectivity index (χ0) is 13.8. The zero-order valence-corrected chi connectivity index (χ0v) is 12.7. The Kier molecular flexibility index (Phi) is 11.1. The van der Waals surface area contributed by atoms with E-state index in [1.807, 2.05) is 6.07 Å². The number of alkyl halides is 1. The molecule has 0 spiro atoms. The van der Waals surface area contributed by atoms with Crippen molar-refractivity contribution in [3.63, 3.8) is 0 Å². The number of benzene rings is 1. The van der Waals surface area contributed by atoms with Crippen LogP contribution in [0.15, 0.2) is 30.3 Å². The fraction of sp³-hybridized carbons (Fsp3) is 0.500. The van der Waals surface area contributed by atoms with Gasteiger partial charge in [0.05, 0.1) is 0 Å². The van der Waals surface area contributed by atoms with Gasteiger partial charge in [0.25, 0.3) is 0 Å². The van der Waals surface area contributed by atoms with E-state index in [9.17, 15) is 4.79 Å². The van der Waals surface area contributed by atoms with Crippen LogP contribution in [0.1, 0.15) is 43.5 Å². The van der Waals surface area contributed by atoms with Gasteiger partial charge in [-0.05, 0) is 18.1 Å². The van der Waals surface area contributed by atoms with Crippen LogP contribution in [0, 0.1) is 0 Å². The van der Waals surface area contributed by atoms with Crippen LogP contribution in [0.25, 0.3) is 0 Å². The lowest BCUT2D eigenvalue weighted by molar-refractivity contribution is -0.136. The number of unbranched alkanes of at least 4 members (excludes halogenated alkanes) is 3. The summed E-state index contributed by atoms with van der Waals surface area (Å²) in [6, 6.07) is 8.70. The third-order valence-electron chi connectivity index (χ3n) is 2.37. The predicted octanol–water partition coefficient (Wildman–Crippen LogP) is 4.49. The number of hydrogen-bond acceptors (Lipinski definition) is 1. The minimum absolute atomic E-state index is 0.613. The van der Waals surface area contributed by atoms with E-state index < -0.39 is 11.3 Å². The smallest absolute Gasteiger partial charge is 0.326 e. The van der Waals surface area contributed by atoms with Gasteiger partial charge in [0.15, 0.2) is 5.38 Å². The number of carboxylic acid groups (broad SMARTS) is 1. The fourth-order valence-electron chi connectivity index (χ4n) is 1.34. The summed E-state index contributed by atoms with van der Waals surface area (Å²) in [6.45, 7) is 2.24. The van der Waals surface area contributed by atoms with E-state index in [0.717, 1.165) is 0 Å². The largest absolute Gasteiger partial charge is 0.480 e. The molecule has 0 amide bonds. The maximum Gasteiger partial charge on any atom is 0.326 e. The highest BCUT2D eigenvalue weighted by molar-refractivity contribution is 7.16. The van der Waals surface area contributed by atoms with Crippen LogP contribution in [-0.2, 0) is 4.79 Å². The zero-order valence-electron chi connectivity index (χ0n) is 10.8. The summed E-state index contributed by atoms with van der Waals surface area (Å²) < 4.78 is 0. The summed E-state index contributed by atoms with van der Waals surface area (Å²) in [4.78, 5) is 10.4. The van der Waals surface area contributed by atoms with Crippen LogP contribution >= 0.6 is 20.8 Å². The van der Waals surface area contributed by atoms with Gasteiger partial charge in [-0.1, -0.05) is 56.5 Å². The van der Waals surface area contributed by atoms with Crippen LogP contribution in [0.5, 0.6) is 0 Å². The van der Waals surface area contributed by atoms with Crippen molar-refractivity contribution in [1.29, 1.82) is 0 Å². The Hall–Kier alpha value is -0.590. The molecule has 1 rings (SSSR count). The standard InChI is InChI=1S/C8H7ClO2.C6H15P/c9-7(8(10)11)6-4-2-1-3-5-6;1-2-3-4-5-6-7/h1-5,7H,(H,10,11);2-7H2,1H3. The average Bonchev–Trinajstić information content (AvgIpc) is 2.40. The molecule has 0 heterocycles. The summed E-state index contributed by atoms with van der Waals surface area (Å²) in [5.74, 6) is -1.02. The molecule has 0 saturated heterocycles. The van der Waals surface area contributed by atoms with E-state index in [-0.39, 0.29) is 0 Å². The van der Waals surface area contributed by atoms with Crippen LogP contribution in [0.2, 0.25) is 0 Å². The molecule has 0 aliphatic heterocycles. The molecule has 2 atom stereocenters. The quantitative estimate of drug-likeness (QED) is 0.476. The van der Waals surface area contributed by atoms with Crippen molar-refractivity contribution >= 4 is 26.8 Å². The summed E-state index contributed by atoms with van der Waals surface area (Å²) in [5, 5.41) is 7.57. The van der Waals surface area contributed by atoms with Gasteiger partial charge in [-0.25, -0.2) is 0 Å². The van der Waals surface area contributed by atoms with E-state index in [2.05, 4.69) is 16.2 Å². The molecule has 0 fully saturated rings. The monoisotopic (exact) mass is 288 g/mol. The van der Waals surface area contributed by atoms with E-state index in [0.29, 0.717) is 5.56 Å². The van der Waals surface area contributed by atoms with Gasteiger partial charge in [0, 0.05) is 0 Å². The number of halogens is 1. The van der Waals surface area contributed by atoms with Gasteiger partial charge in [-0.2, -0.15) is 0 Å². The second-order valence-corrected chi connectivity index (χ2v) is 4.97. The van der Waals surface area contributed by atoms with Crippen molar-refractivity contribution in [2.45, 2.75) is 38.0 Å². The lowest BCUT2D eigenvalue weighted by Crippen LogP contribution is -2.04. The molecule has 1 aromatic rings. The molecule has 102 valence electrons. The number of rotatable bonds is 6. The van der Waals surface area contributed by atoms with E-state index in [1.54, 1.807) is 24.3 Å². The first-order valence-electron chi connectivity index (χ1n) is 6.25. The Balaban J connectivity index is 0.000000360. The van der Waals surface area contributed by atoms with Gasteiger partial charge < -0.3 is 5.11 Å². The normalized spacial score (nSPS) is 11.3. The molecule has 2 nitrogen and oxygen atoms in total. The molecule has 2 unspecified atom stereocenters. The molecule has 0 aromatic heterocycles. The Morgan fingerprint density at radius 1 is 1.28 bits per heavy atom. The van der Waals surface area contributed by atoms with Gasteiger partial charge in [-0.3, -0.25) is 4.79 Å². The molecule has 0 aliphatic rings. The fourth-order valence-corrected chi connectivity index (χ4v) is 1.77. The molecule has 4 heteroatoms. The Morgan fingerprint density at radius 2 is 1.89 bits per heavy atom. The first-order valence-corrected chi connectivity index (χ1v) is 7.50. The van der Waals surface area contributed by atoms with E-state index in [4.69, 9.17) is 16.7 Å². The summed E-state index contributed by atoms with van der Waals surface area (Å²) in [5.41, 5.74) is 0.613. The van der Waals surface area contributed by atoms with E-state index in [1.165, 1.54) is 31.8 Å². The highest BCUT2D eigenvalue weighted by Crippen LogP contribution is 2.19. The summed E-state index contributed by atoms with van der Waals surface area (Å²) >= 11 is 5.54. The molecule has 1 aromatic carbocycles. The van der Waals surface area contributed by atoms with Crippen molar-refractivity contribution in [2.75, 3.05) is 6.16 Å². The van der Waals surface area contributed by atoms with Crippen LogP contribution in [-0.4, -0.2) is 17.2 Å². The third-order valence-corrected chi connectivity index (χ3v) is 3.21. The summed E-state index contributed by atoms with van der Waals surface area (Å²) in [6.07, 6.45) is 6.84. The number of aliphatic carboxylic acids is 1. The second kappa shape index (κ2) is 11.5. The van der Waals surface area contributed by atoms with Crippen LogP contribution in [0.3, 0.4) is 0 Å². The highest BCUT2D eigenvalue weighted by atomic mass is 35.5. The number of carbonyl (C=O) groups is 1. The molecule has 18 heavy (non-hydrogen) atoms. The maximum absolute atomic E-state index is 10.4. The molecule has 0 saturated carbocycles. The van der Waals surface area contributed by atoms with Gasteiger partial charge in [-0.15, -0.1) is 20.8 Å². The first-order chi connectivity index (χ1) is 8.63. The topological polar surface area (TPSA) is 37.3 Å². The second-order valence-electron chi connectivity index (χ2n) is 3.96. The minimum Gasteiger partial charge on any atom is -0.480 e. The minimum atomic E-state index is -1.02. The summed E-state index contributed by atoms with van der Waals surface area (Å²) in [7, 11) is 2.75. The average molecular weight is 289 g/mol. The molecular weight excluding hydrogens is 267 g/mol. The predicted molar refractivity (Wildman–Crippen MR) is 81.4 cm³/mol. The van der Waals surface area contributed by atoms with Crippen molar-refractivity contribution in [3.05, 3.63) is 35.9 Å². The molecule has 0 bridgehead atoms. The van der Waals surface area contributed by atoms with Crippen molar-refractivity contribution in [1.82, 2.24) is 0 Å².